The Kier molecular flexibility index (Phi) is 4.92. The number of aliphatic hydroxyl groups is 1. The first-order valence-corrected chi connectivity index (χ1v) is 5.87. The predicted molar refractivity (Wildman–Crippen MR) is 67.5 cm³/mol. The van der Waals surface area contributed by atoms with Crippen LogP contribution in [0.3, 0.4) is 0 Å². The van der Waals surface area contributed by atoms with Crippen LogP contribution in [0.4, 0.5) is 5.82 Å². The molecule has 0 bridgehead atoms. The molecule has 92 valence electrons. The highest BCUT2D eigenvalue weighted by Gasteiger charge is 2.11. The minimum absolute atomic E-state index is 0.0352. The lowest BCUT2D eigenvalue weighted by molar-refractivity contribution is 0.199. The molecular weight excluding hydrogens is 214 g/mol. The van der Waals surface area contributed by atoms with Crippen molar-refractivity contribution in [1.82, 2.24) is 4.98 Å². The molecule has 0 aromatic carbocycles. The topological polar surface area (TPSA) is 60.2 Å². The van der Waals surface area contributed by atoms with Crippen molar-refractivity contribution in [3.63, 3.8) is 0 Å². The number of aromatic nitrogens is 1. The lowest BCUT2D eigenvalue weighted by atomic mass is 10.1. The first-order valence-electron chi connectivity index (χ1n) is 5.87. The summed E-state index contributed by atoms with van der Waals surface area (Å²) < 4.78 is 0. The molecule has 0 radical (unpaired) electrons. The molecule has 0 aliphatic carbocycles. The highest BCUT2D eigenvalue weighted by Crippen LogP contribution is 2.18. The predicted octanol–water partition coefficient (Wildman–Crippen LogP) is 2.12. The Hall–Kier alpha value is -1.60. The molecule has 0 aliphatic rings. The lowest BCUT2D eigenvalue weighted by Gasteiger charge is -2.23. The molecular formula is C13H19N3O. The van der Waals surface area contributed by atoms with Crippen LogP contribution in [0.25, 0.3) is 0 Å². The molecule has 1 unspecified atom stereocenters. The molecule has 1 heterocycles. The zero-order chi connectivity index (χ0) is 12.8. The van der Waals surface area contributed by atoms with Crippen LogP contribution in [0.5, 0.6) is 0 Å². The van der Waals surface area contributed by atoms with Crippen molar-refractivity contribution >= 4 is 5.82 Å². The summed E-state index contributed by atoms with van der Waals surface area (Å²) in [5.74, 6) is 0.778. The van der Waals surface area contributed by atoms with Crippen molar-refractivity contribution in [2.24, 2.45) is 5.92 Å². The quantitative estimate of drug-likeness (QED) is 0.846. The smallest absolute Gasteiger partial charge is 0.128 e. The summed E-state index contributed by atoms with van der Waals surface area (Å²) in [5.41, 5.74) is 0.845. The zero-order valence-electron chi connectivity index (χ0n) is 10.6. The maximum Gasteiger partial charge on any atom is 0.128 e. The van der Waals surface area contributed by atoms with Crippen LogP contribution in [-0.4, -0.2) is 23.2 Å². The van der Waals surface area contributed by atoms with Crippen LogP contribution in [0.15, 0.2) is 18.3 Å². The van der Waals surface area contributed by atoms with Gasteiger partial charge in [0.05, 0.1) is 18.1 Å². The van der Waals surface area contributed by atoms with Crippen LogP contribution in [0.1, 0.15) is 32.4 Å². The van der Waals surface area contributed by atoms with Crippen molar-refractivity contribution in [3.8, 4) is 6.07 Å². The van der Waals surface area contributed by atoms with Gasteiger partial charge < -0.3 is 10.0 Å². The van der Waals surface area contributed by atoms with E-state index in [1.807, 2.05) is 24.8 Å². The number of aliphatic hydroxyl groups excluding tert-OH is 1. The van der Waals surface area contributed by atoms with E-state index in [0.29, 0.717) is 6.54 Å². The van der Waals surface area contributed by atoms with Gasteiger partial charge in [0.15, 0.2) is 0 Å². The van der Waals surface area contributed by atoms with Gasteiger partial charge in [0, 0.05) is 19.3 Å². The third-order valence-corrected chi connectivity index (χ3v) is 2.67. The van der Waals surface area contributed by atoms with Gasteiger partial charge in [-0.25, -0.2) is 4.98 Å². The van der Waals surface area contributed by atoms with Crippen molar-refractivity contribution in [3.05, 3.63) is 23.9 Å². The molecule has 0 spiro atoms. The van der Waals surface area contributed by atoms with Gasteiger partial charge in [-0.05, 0) is 38.5 Å². The Labute approximate surface area is 103 Å². The molecule has 0 saturated heterocycles. The summed E-state index contributed by atoms with van der Waals surface area (Å²) in [5, 5.41) is 18.4. The van der Waals surface area contributed by atoms with Crippen molar-refractivity contribution in [2.45, 2.75) is 26.9 Å². The van der Waals surface area contributed by atoms with Gasteiger partial charge in [-0.15, -0.1) is 0 Å². The number of rotatable bonds is 5. The van der Waals surface area contributed by atoms with E-state index >= 15 is 0 Å². The van der Waals surface area contributed by atoms with Crippen LogP contribution in [-0.2, 0) is 0 Å². The van der Waals surface area contributed by atoms with Crippen LogP contribution in [0.2, 0.25) is 0 Å². The maximum atomic E-state index is 9.53. The van der Waals surface area contributed by atoms with Crippen molar-refractivity contribution in [1.29, 1.82) is 5.26 Å². The Morgan fingerprint density at radius 3 is 2.76 bits per heavy atom. The Bertz CT molecular complexity index is 398. The molecule has 2 atom stereocenters. The molecule has 17 heavy (non-hydrogen) atoms. The number of nitrogens with zero attached hydrogens (tertiary/aromatic N) is 3. The van der Waals surface area contributed by atoms with Crippen molar-refractivity contribution < 1.29 is 5.11 Å². The summed E-state index contributed by atoms with van der Waals surface area (Å²) in [6, 6.07) is 5.89. The monoisotopic (exact) mass is 233 g/mol. The molecule has 1 rings (SSSR count). The van der Waals surface area contributed by atoms with E-state index in [2.05, 4.69) is 11.1 Å². The van der Waals surface area contributed by atoms with E-state index in [-0.39, 0.29) is 5.92 Å². The average molecular weight is 233 g/mol. The van der Waals surface area contributed by atoms with E-state index in [0.717, 1.165) is 17.9 Å². The van der Waals surface area contributed by atoms with Gasteiger partial charge in [-0.2, -0.15) is 5.26 Å². The molecule has 1 aromatic heterocycles. The van der Waals surface area contributed by atoms with Crippen LogP contribution < -0.4 is 4.90 Å². The molecule has 1 N–H and O–H groups in total. The van der Waals surface area contributed by atoms with E-state index in [1.54, 1.807) is 19.2 Å². The fourth-order valence-corrected chi connectivity index (χ4v) is 1.62. The van der Waals surface area contributed by atoms with E-state index in [4.69, 9.17) is 5.26 Å². The van der Waals surface area contributed by atoms with E-state index in [1.165, 1.54) is 0 Å². The van der Waals surface area contributed by atoms with Gasteiger partial charge in [-0.1, -0.05) is 0 Å². The minimum Gasteiger partial charge on any atom is -0.389 e. The SMILES string of the molecule is CCN(CC(C)C#N)c1cc([C@H](C)O)ccn1. The van der Waals surface area contributed by atoms with Crippen LogP contribution >= 0.6 is 0 Å². The lowest BCUT2D eigenvalue weighted by Crippen LogP contribution is -2.28. The Balaban J connectivity index is 2.88. The molecule has 0 amide bonds. The number of pyridine rings is 1. The molecule has 0 saturated carbocycles. The van der Waals surface area contributed by atoms with E-state index < -0.39 is 6.10 Å². The molecule has 4 heteroatoms. The second-order valence-electron chi connectivity index (χ2n) is 4.19. The maximum absolute atomic E-state index is 9.53. The number of hydrogen-bond acceptors (Lipinski definition) is 4. The Morgan fingerprint density at radius 2 is 2.24 bits per heavy atom. The number of nitriles is 1. The summed E-state index contributed by atoms with van der Waals surface area (Å²) in [6.45, 7) is 7.10. The second-order valence-corrected chi connectivity index (χ2v) is 4.19. The summed E-state index contributed by atoms with van der Waals surface area (Å²) in [4.78, 5) is 6.33. The third kappa shape index (κ3) is 3.72. The fourth-order valence-electron chi connectivity index (χ4n) is 1.62. The summed E-state index contributed by atoms with van der Waals surface area (Å²) >= 11 is 0. The first-order chi connectivity index (χ1) is 8.08. The second kappa shape index (κ2) is 6.21. The third-order valence-electron chi connectivity index (χ3n) is 2.67. The van der Waals surface area contributed by atoms with E-state index in [9.17, 15) is 5.11 Å². The minimum atomic E-state index is -0.496. The van der Waals surface area contributed by atoms with Gasteiger partial charge in [0.1, 0.15) is 5.82 Å². The fraction of sp³-hybridized carbons (Fsp3) is 0.538. The van der Waals surface area contributed by atoms with Gasteiger partial charge in [-0.3, -0.25) is 0 Å². The number of anilines is 1. The first kappa shape index (κ1) is 13.5. The summed E-state index contributed by atoms with van der Waals surface area (Å²) in [7, 11) is 0. The average Bonchev–Trinajstić information content (AvgIpc) is 2.35. The van der Waals surface area contributed by atoms with Gasteiger partial charge in [0.25, 0.3) is 0 Å². The number of hydrogen-bond donors (Lipinski definition) is 1. The van der Waals surface area contributed by atoms with Crippen molar-refractivity contribution in [2.75, 3.05) is 18.0 Å². The highest BCUT2D eigenvalue weighted by atomic mass is 16.3. The Morgan fingerprint density at radius 1 is 1.53 bits per heavy atom. The highest BCUT2D eigenvalue weighted by molar-refractivity contribution is 5.41. The molecule has 1 aromatic rings. The molecule has 0 fully saturated rings. The molecule has 0 aliphatic heterocycles. The standard InChI is InChI=1S/C13H19N3O/c1-4-16(9-10(2)8-14)13-7-12(11(3)17)5-6-15-13/h5-7,10-11,17H,4,9H2,1-3H3/t10?,11-/m0/s1. The summed E-state index contributed by atoms with van der Waals surface area (Å²) in [6.07, 6.45) is 1.20. The normalized spacial score (nSPS) is 13.8. The largest absolute Gasteiger partial charge is 0.389 e. The zero-order valence-corrected chi connectivity index (χ0v) is 10.6. The molecule has 4 nitrogen and oxygen atoms in total. The van der Waals surface area contributed by atoms with Gasteiger partial charge >= 0.3 is 0 Å². The van der Waals surface area contributed by atoms with Gasteiger partial charge in [0.2, 0.25) is 0 Å². The van der Waals surface area contributed by atoms with Crippen LogP contribution in [0, 0.1) is 17.2 Å².